The number of fused-ring (bicyclic) bond motifs is 1. The maximum atomic E-state index is 12.8. The number of aromatic nitrogens is 6. The molecule has 10 nitrogen and oxygen atoms in total. The molecule has 0 bridgehead atoms. The number of hydrogen-bond acceptors (Lipinski definition) is 6. The number of pyridine rings is 2. The third-order valence-electron chi connectivity index (χ3n) is 4.98. The number of carbonyl (C=O) groups excluding carboxylic acids is 1. The van der Waals surface area contributed by atoms with E-state index < -0.39 is 35.1 Å². The van der Waals surface area contributed by atoms with Crippen LogP contribution < -0.4 is 16.6 Å². The molecule has 0 unspecified atom stereocenters. The molecular formula is C20H16F3N7O3. The molecule has 0 aliphatic carbocycles. The molecule has 4 aromatic rings. The van der Waals surface area contributed by atoms with Crippen molar-refractivity contribution in [3.05, 3.63) is 69.4 Å². The van der Waals surface area contributed by atoms with E-state index in [1.54, 1.807) is 12.1 Å². The van der Waals surface area contributed by atoms with Gasteiger partial charge in [0.05, 0.1) is 12.0 Å². The Hall–Kier alpha value is -4.29. The van der Waals surface area contributed by atoms with Crippen molar-refractivity contribution in [1.29, 1.82) is 0 Å². The fourth-order valence-corrected chi connectivity index (χ4v) is 3.18. The molecule has 1 amide bonds. The molecule has 4 rings (SSSR count). The minimum atomic E-state index is -4.55. The first-order chi connectivity index (χ1) is 15.6. The molecule has 0 aliphatic heterocycles. The van der Waals surface area contributed by atoms with Crippen LogP contribution in [0, 0.1) is 0 Å². The molecule has 1 atom stereocenters. The first-order valence-corrected chi connectivity index (χ1v) is 9.53. The summed E-state index contributed by atoms with van der Waals surface area (Å²) >= 11 is 0. The summed E-state index contributed by atoms with van der Waals surface area (Å²) in [6.07, 6.45) is -2.22. The predicted octanol–water partition coefficient (Wildman–Crippen LogP) is 2.10. The van der Waals surface area contributed by atoms with E-state index in [2.05, 4.69) is 25.3 Å². The van der Waals surface area contributed by atoms with Gasteiger partial charge in [-0.25, -0.2) is 14.8 Å². The van der Waals surface area contributed by atoms with Gasteiger partial charge in [0.25, 0.3) is 5.56 Å². The first-order valence-electron chi connectivity index (χ1n) is 9.53. The Morgan fingerprint density at radius 3 is 2.58 bits per heavy atom. The number of nitrogens with zero attached hydrogens (tertiary/aromatic N) is 5. The standard InChI is InChI=1S/C20H16F3N7O3/c1-10(30-9-25-16-15(30)18(32)28-19(33)29(16)2)17(31)27-14-5-3-4-12(26-14)11-6-7-13(24-8-11)20(21,22)23/h3-10H,1-2H3,(H,26,27,31)(H,28,32,33)/t10-/m0/s1. The first kappa shape index (κ1) is 21.9. The van der Waals surface area contributed by atoms with Crippen LogP contribution in [0.25, 0.3) is 22.4 Å². The van der Waals surface area contributed by atoms with Crippen molar-refractivity contribution in [3.8, 4) is 11.3 Å². The summed E-state index contributed by atoms with van der Waals surface area (Å²) in [6.45, 7) is 1.53. The molecular weight excluding hydrogens is 443 g/mol. The Morgan fingerprint density at radius 1 is 1.15 bits per heavy atom. The van der Waals surface area contributed by atoms with E-state index in [1.165, 1.54) is 37.0 Å². The zero-order valence-electron chi connectivity index (χ0n) is 17.2. The van der Waals surface area contributed by atoms with Crippen molar-refractivity contribution < 1.29 is 18.0 Å². The van der Waals surface area contributed by atoms with Crippen LogP contribution in [0.5, 0.6) is 0 Å². The monoisotopic (exact) mass is 459 g/mol. The molecule has 0 aromatic carbocycles. The molecule has 2 N–H and O–H groups in total. The highest BCUT2D eigenvalue weighted by atomic mass is 19.4. The third kappa shape index (κ3) is 4.12. The topological polar surface area (TPSA) is 128 Å². The van der Waals surface area contributed by atoms with Crippen molar-refractivity contribution in [1.82, 2.24) is 29.1 Å². The van der Waals surface area contributed by atoms with E-state index in [9.17, 15) is 27.6 Å². The Bertz CT molecular complexity index is 1470. The average molecular weight is 459 g/mol. The summed E-state index contributed by atoms with van der Waals surface area (Å²) in [5, 5.41) is 2.61. The summed E-state index contributed by atoms with van der Waals surface area (Å²) in [4.78, 5) is 50.7. The lowest BCUT2D eigenvalue weighted by Crippen LogP contribution is -2.31. The van der Waals surface area contributed by atoms with Gasteiger partial charge in [0.2, 0.25) is 5.91 Å². The van der Waals surface area contributed by atoms with Gasteiger partial charge in [-0.15, -0.1) is 0 Å². The second kappa shape index (κ2) is 8.00. The number of H-pyrrole nitrogens is 1. The van der Waals surface area contributed by atoms with Gasteiger partial charge in [0.15, 0.2) is 11.2 Å². The molecule has 4 aromatic heterocycles. The molecule has 0 radical (unpaired) electrons. The van der Waals surface area contributed by atoms with Crippen LogP contribution in [-0.4, -0.2) is 35.0 Å². The number of imidazole rings is 1. The number of alkyl halides is 3. The Morgan fingerprint density at radius 2 is 1.91 bits per heavy atom. The lowest BCUT2D eigenvalue weighted by atomic mass is 10.1. The molecule has 13 heteroatoms. The van der Waals surface area contributed by atoms with Gasteiger partial charge in [-0.05, 0) is 31.2 Å². The van der Waals surface area contributed by atoms with E-state index in [4.69, 9.17) is 0 Å². The number of carbonyl (C=O) groups is 1. The lowest BCUT2D eigenvalue weighted by molar-refractivity contribution is -0.141. The van der Waals surface area contributed by atoms with Crippen molar-refractivity contribution in [2.24, 2.45) is 7.05 Å². The van der Waals surface area contributed by atoms with Gasteiger partial charge in [-0.1, -0.05) is 6.07 Å². The fourth-order valence-electron chi connectivity index (χ4n) is 3.18. The Balaban J connectivity index is 1.59. The molecule has 170 valence electrons. The zero-order valence-corrected chi connectivity index (χ0v) is 17.2. The molecule has 0 aliphatic rings. The lowest BCUT2D eigenvalue weighted by Gasteiger charge is -2.14. The van der Waals surface area contributed by atoms with E-state index >= 15 is 0 Å². The highest BCUT2D eigenvalue weighted by Gasteiger charge is 2.32. The van der Waals surface area contributed by atoms with E-state index in [0.29, 0.717) is 11.3 Å². The number of amides is 1. The fraction of sp³-hybridized carbons (Fsp3) is 0.200. The van der Waals surface area contributed by atoms with Gasteiger partial charge in [0.1, 0.15) is 17.6 Å². The summed E-state index contributed by atoms with van der Waals surface area (Å²) in [7, 11) is 1.44. The van der Waals surface area contributed by atoms with Crippen molar-refractivity contribution >= 4 is 22.9 Å². The van der Waals surface area contributed by atoms with Gasteiger partial charge in [-0.2, -0.15) is 13.2 Å². The van der Waals surface area contributed by atoms with E-state index in [0.717, 1.165) is 16.8 Å². The molecule has 0 fully saturated rings. The van der Waals surface area contributed by atoms with Crippen molar-refractivity contribution in [2.45, 2.75) is 19.1 Å². The van der Waals surface area contributed by atoms with Gasteiger partial charge < -0.3 is 9.88 Å². The highest BCUT2D eigenvalue weighted by Crippen LogP contribution is 2.28. The van der Waals surface area contributed by atoms with Crippen LogP contribution in [0.3, 0.4) is 0 Å². The number of halogens is 3. The number of aromatic amines is 1. The smallest absolute Gasteiger partial charge is 0.312 e. The van der Waals surface area contributed by atoms with E-state index in [-0.39, 0.29) is 17.0 Å². The van der Waals surface area contributed by atoms with Gasteiger partial charge >= 0.3 is 11.9 Å². The quantitative estimate of drug-likeness (QED) is 0.481. The maximum Gasteiger partial charge on any atom is 0.433 e. The summed E-state index contributed by atoms with van der Waals surface area (Å²) < 4.78 is 40.6. The predicted molar refractivity (Wildman–Crippen MR) is 111 cm³/mol. The largest absolute Gasteiger partial charge is 0.433 e. The number of hydrogen-bond donors (Lipinski definition) is 2. The minimum absolute atomic E-state index is 0.0530. The van der Waals surface area contributed by atoms with Crippen LogP contribution >= 0.6 is 0 Å². The average Bonchev–Trinajstić information content (AvgIpc) is 3.22. The molecule has 0 spiro atoms. The molecule has 4 heterocycles. The Kier molecular flexibility index (Phi) is 5.31. The second-order valence-corrected chi connectivity index (χ2v) is 7.15. The Labute approximate surface area is 182 Å². The molecule has 33 heavy (non-hydrogen) atoms. The number of rotatable bonds is 4. The number of nitrogens with one attached hydrogen (secondary N) is 2. The normalized spacial score (nSPS) is 12.6. The van der Waals surface area contributed by atoms with Crippen LogP contribution in [0.4, 0.5) is 19.0 Å². The van der Waals surface area contributed by atoms with Crippen LogP contribution in [0.2, 0.25) is 0 Å². The summed E-state index contributed by atoms with van der Waals surface area (Å²) in [6, 6.07) is 5.83. The SMILES string of the molecule is C[C@@H](C(=O)Nc1cccc(-c2ccc(C(F)(F)F)nc2)n1)n1cnc2c1c(=O)[nH]c(=O)n2C. The zero-order chi connectivity index (χ0) is 23.9. The second-order valence-electron chi connectivity index (χ2n) is 7.15. The van der Waals surface area contributed by atoms with Crippen LogP contribution in [-0.2, 0) is 18.0 Å². The van der Waals surface area contributed by atoms with Crippen molar-refractivity contribution in [3.63, 3.8) is 0 Å². The van der Waals surface area contributed by atoms with Gasteiger partial charge in [-0.3, -0.25) is 24.1 Å². The van der Waals surface area contributed by atoms with Crippen LogP contribution in [0.15, 0.2) is 52.4 Å². The maximum absolute atomic E-state index is 12.8. The number of aryl methyl sites for hydroxylation is 1. The third-order valence-corrected chi connectivity index (χ3v) is 4.98. The summed E-state index contributed by atoms with van der Waals surface area (Å²) in [5.41, 5.74) is -1.52. The van der Waals surface area contributed by atoms with Crippen LogP contribution in [0.1, 0.15) is 18.7 Å². The summed E-state index contributed by atoms with van der Waals surface area (Å²) in [5.74, 6) is -0.382. The minimum Gasteiger partial charge on any atom is -0.312 e. The molecule has 0 saturated carbocycles. The van der Waals surface area contributed by atoms with Crippen molar-refractivity contribution in [2.75, 3.05) is 5.32 Å². The van der Waals surface area contributed by atoms with E-state index in [1.807, 2.05) is 0 Å². The van der Waals surface area contributed by atoms with Gasteiger partial charge in [0, 0.05) is 18.8 Å². The number of anilines is 1. The highest BCUT2D eigenvalue weighted by molar-refractivity contribution is 5.93. The molecule has 0 saturated heterocycles.